The largest absolute Gasteiger partial charge is 0.493 e. The molecule has 6 nitrogen and oxygen atoms in total. The third kappa shape index (κ3) is 4.98. The summed E-state index contributed by atoms with van der Waals surface area (Å²) in [6, 6.07) is 3.78. The van der Waals surface area contributed by atoms with Gasteiger partial charge in [0.25, 0.3) is 0 Å². The minimum Gasteiger partial charge on any atom is -0.493 e. The number of unbranched alkanes of at least 4 members (excludes halogenated alkanes) is 1. The first-order valence-electron chi connectivity index (χ1n) is 8.89. The molecule has 1 aromatic heterocycles. The van der Waals surface area contributed by atoms with Crippen LogP contribution < -0.4 is 10.1 Å². The van der Waals surface area contributed by atoms with Crippen LogP contribution in [0.3, 0.4) is 0 Å². The van der Waals surface area contributed by atoms with Crippen molar-refractivity contribution < 1.29 is 27.2 Å². The Balaban J connectivity index is 1.76. The lowest BCUT2D eigenvalue weighted by molar-refractivity contribution is -0.138. The van der Waals surface area contributed by atoms with E-state index in [4.69, 9.17) is 14.0 Å². The minimum atomic E-state index is -4.54. The predicted octanol–water partition coefficient (Wildman–Crippen LogP) is 3.99. The highest BCUT2D eigenvalue weighted by Gasteiger charge is 2.35. The molecular formula is C18H22F3N3O3. The van der Waals surface area contributed by atoms with Gasteiger partial charge in [-0.2, -0.15) is 18.2 Å². The number of hydrogen-bond acceptors (Lipinski definition) is 6. The summed E-state index contributed by atoms with van der Waals surface area (Å²) in [6.45, 7) is 1.59. The molecule has 1 atom stereocenters. The molecule has 0 bridgehead atoms. The Morgan fingerprint density at radius 2 is 2.07 bits per heavy atom. The molecule has 0 amide bonds. The van der Waals surface area contributed by atoms with Crippen LogP contribution in [0.2, 0.25) is 0 Å². The highest BCUT2D eigenvalue weighted by atomic mass is 19.4. The number of benzene rings is 1. The molecule has 1 aliphatic rings. The van der Waals surface area contributed by atoms with Crippen molar-refractivity contribution in [1.82, 2.24) is 15.5 Å². The van der Waals surface area contributed by atoms with Crippen molar-refractivity contribution in [2.24, 2.45) is 0 Å². The van der Waals surface area contributed by atoms with Crippen LogP contribution in [0, 0.1) is 0 Å². The van der Waals surface area contributed by atoms with Gasteiger partial charge in [-0.25, -0.2) is 0 Å². The zero-order valence-corrected chi connectivity index (χ0v) is 15.0. The molecule has 1 fully saturated rings. The van der Waals surface area contributed by atoms with E-state index in [1.54, 1.807) is 7.11 Å². The number of nitrogens with zero attached hydrogens (tertiary/aromatic N) is 2. The maximum absolute atomic E-state index is 13.5. The Morgan fingerprint density at radius 1 is 1.26 bits per heavy atom. The molecular weight excluding hydrogens is 363 g/mol. The molecule has 0 radical (unpaired) electrons. The highest BCUT2D eigenvalue weighted by Crippen LogP contribution is 2.38. The Hall–Kier alpha value is -2.13. The summed E-state index contributed by atoms with van der Waals surface area (Å²) >= 11 is 0. The maximum Gasteiger partial charge on any atom is 0.419 e. The smallest absolute Gasteiger partial charge is 0.419 e. The van der Waals surface area contributed by atoms with Gasteiger partial charge in [0.05, 0.1) is 18.2 Å². The maximum atomic E-state index is 13.5. The van der Waals surface area contributed by atoms with Crippen molar-refractivity contribution in [2.75, 3.05) is 26.9 Å². The van der Waals surface area contributed by atoms with E-state index in [1.165, 1.54) is 12.1 Å². The minimum absolute atomic E-state index is 0.0388. The number of hydrogen-bond donors (Lipinski definition) is 1. The van der Waals surface area contributed by atoms with E-state index >= 15 is 0 Å². The monoisotopic (exact) mass is 385 g/mol. The van der Waals surface area contributed by atoms with Gasteiger partial charge in [0.2, 0.25) is 11.7 Å². The van der Waals surface area contributed by atoms with Gasteiger partial charge >= 0.3 is 6.18 Å². The topological polar surface area (TPSA) is 69.4 Å². The van der Waals surface area contributed by atoms with Crippen LogP contribution in [0.4, 0.5) is 13.2 Å². The molecule has 9 heteroatoms. The number of rotatable bonds is 8. The normalized spacial score (nSPS) is 17.4. The van der Waals surface area contributed by atoms with Gasteiger partial charge in [-0.3, -0.25) is 0 Å². The molecule has 148 valence electrons. The van der Waals surface area contributed by atoms with E-state index < -0.39 is 11.7 Å². The van der Waals surface area contributed by atoms with Crippen molar-refractivity contribution >= 4 is 0 Å². The number of alkyl halides is 3. The summed E-state index contributed by atoms with van der Waals surface area (Å²) in [5.41, 5.74) is -0.612. The molecule has 27 heavy (non-hydrogen) atoms. The van der Waals surface area contributed by atoms with Crippen molar-refractivity contribution in [3.63, 3.8) is 0 Å². The van der Waals surface area contributed by atoms with Crippen LogP contribution in [0.25, 0.3) is 11.4 Å². The van der Waals surface area contributed by atoms with Gasteiger partial charge in [0, 0.05) is 19.3 Å². The number of halogens is 3. The first-order chi connectivity index (χ1) is 13.0. The van der Waals surface area contributed by atoms with Crippen molar-refractivity contribution in [1.29, 1.82) is 0 Å². The number of ether oxygens (including phenoxy) is 2. The van der Waals surface area contributed by atoms with Crippen LogP contribution in [0.15, 0.2) is 22.7 Å². The van der Waals surface area contributed by atoms with E-state index in [0.29, 0.717) is 18.9 Å². The second-order valence-corrected chi connectivity index (χ2v) is 6.36. The molecule has 2 heterocycles. The Morgan fingerprint density at radius 3 is 2.78 bits per heavy atom. The third-order valence-corrected chi connectivity index (χ3v) is 4.34. The zero-order valence-electron chi connectivity index (χ0n) is 15.0. The molecule has 0 saturated carbocycles. The number of aromatic nitrogens is 2. The van der Waals surface area contributed by atoms with Gasteiger partial charge < -0.3 is 19.3 Å². The molecule has 1 aliphatic heterocycles. The van der Waals surface area contributed by atoms with E-state index in [-0.39, 0.29) is 29.8 Å². The summed E-state index contributed by atoms with van der Waals surface area (Å²) < 4.78 is 55.8. The van der Waals surface area contributed by atoms with Crippen LogP contribution in [-0.2, 0) is 10.9 Å². The van der Waals surface area contributed by atoms with E-state index in [1.807, 2.05) is 0 Å². The summed E-state index contributed by atoms with van der Waals surface area (Å²) in [4.78, 5) is 4.25. The summed E-state index contributed by atoms with van der Waals surface area (Å²) in [6.07, 6.45) is -1.36. The lowest BCUT2D eigenvalue weighted by Crippen LogP contribution is -2.13. The van der Waals surface area contributed by atoms with Crippen molar-refractivity contribution in [3.8, 4) is 17.1 Å². The van der Waals surface area contributed by atoms with Gasteiger partial charge in [-0.15, -0.1) is 0 Å². The number of methoxy groups -OCH3 is 1. The first-order valence-corrected chi connectivity index (χ1v) is 8.89. The Bertz CT molecular complexity index is 743. The van der Waals surface area contributed by atoms with Gasteiger partial charge in [0.1, 0.15) is 5.75 Å². The number of nitrogens with one attached hydrogen (secondary N) is 1. The van der Waals surface area contributed by atoms with Crippen LogP contribution in [0.5, 0.6) is 5.75 Å². The average Bonchev–Trinajstić information content (AvgIpc) is 3.32. The van der Waals surface area contributed by atoms with Crippen molar-refractivity contribution in [3.05, 3.63) is 29.7 Å². The fourth-order valence-electron chi connectivity index (χ4n) is 2.94. The molecule has 1 aromatic carbocycles. The average molecular weight is 385 g/mol. The molecule has 0 aliphatic carbocycles. The first kappa shape index (κ1) is 19.6. The van der Waals surface area contributed by atoms with Crippen molar-refractivity contribution in [2.45, 2.75) is 37.9 Å². The van der Waals surface area contributed by atoms with Gasteiger partial charge in [-0.1, -0.05) is 5.16 Å². The van der Waals surface area contributed by atoms with Crippen LogP contribution >= 0.6 is 0 Å². The van der Waals surface area contributed by atoms with E-state index in [2.05, 4.69) is 15.5 Å². The fourth-order valence-corrected chi connectivity index (χ4v) is 2.94. The quantitative estimate of drug-likeness (QED) is 0.693. The van der Waals surface area contributed by atoms with Gasteiger partial charge in [0.15, 0.2) is 0 Å². The van der Waals surface area contributed by atoms with Crippen LogP contribution in [0.1, 0.15) is 43.2 Å². The molecule has 0 spiro atoms. The highest BCUT2D eigenvalue weighted by molar-refractivity contribution is 5.59. The van der Waals surface area contributed by atoms with Crippen LogP contribution in [-0.4, -0.2) is 37.0 Å². The SMILES string of the molecule is COCCCCOc1ccc(-c2noc([C@@H]3CCCN3)n2)cc1C(F)(F)F. The second-order valence-electron chi connectivity index (χ2n) is 6.36. The summed E-state index contributed by atoms with van der Waals surface area (Å²) in [5.74, 6) is 0.329. The molecule has 1 saturated heterocycles. The molecule has 0 unspecified atom stereocenters. The summed E-state index contributed by atoms with van der Waals surface area (Å²) in [5, 5.41) is 7.05. The van der Waals surface area contributed by atoms with E-state index in [9.17, 15) is 13.2 Å². The standard InChI is InChI=1S/C18H22F3N3O3/c1-25-9-2-3-10-26-15-7-6-12(11-13(15)18(19,20)21)16-23-17(27-24-16)14-5-4-8-22-14/h6-7,11,14,22H,2-5,8-10H2,1H3/t14-/m0/s1. The zero-order chi connectivity index (χ0) is 19.3. The molecule has 3 rings (SSSR count). The van der Waals surface area contributed by atoms with Gasteiger partial charge in [-0.05, 0) is 50.4 Å². The Labute approximate surface area is 155 Å². The fraction of sp³-hybridized carbons (Fsp3) is 0.556. The third-order valence-electron chi connectivity index (χ3n) is 4.34. The van der Waals surface area contributed by atoms with E-state index in [0.717, 1.165) is 31.9 Å². The lowest BCUT2D eigenvalue weighted by Gasteiger charge is -2.14. The second kappa shape index (κ2) is 8.71. The molecule has 2 aromatic rings. The Kier molecular flexibility index (Phi) is 6.33. The predicted molar refractivity (Wildman–Crippen MR) is 91.3 cm³/mol. The summed E-state index contributed by atoms with van der Waals surface area (Å²) in [7, 11) is 1.58. The lowest BCUT2D eigenvalue weighted by atomic mass is 10.1. The molecule has 1 N–H and O–H groups in total.